The second-order valence-electron chi connectivity index (χ2n) is 7.57. The molecule has 3 aromatic rings. The molecule has 0 radical (unpaired) electrons. The van der Waals surface area contributed by atoms with Gasteiger partial charge in [-0.3, -0.25) is 4.79 Å². The molecule has 158 valence electrons. The first-order valence-electron chi connectivity index (χ1n) is 10.4. The van der Waals surface area contributed by atoms with Gasteiger partial charge in [-0.2, -0.15) is 0 Å². The highest BCUT2D eigenvalue weighted by atomic mass is 16.5. The van der Waals surface area contributed by atoms with Crippen LogP contribution < -0.4 is 14.2 Å². The number of methoxy groups -OCH3 is 2. The first-order valence-corrected chi connectivity index (χ1v) is 10.4. The Morgan fingerprint density at radius 2 is 1.65 bits per heavy atom. The lowest BCUT2D eigenvalue weighted by molar-refractivity contribution is 0.104. The molecule has 0 saturated carbocycles. The summed E-state index contributed by atoms with van der Waals surface area (Å²) in [7, 11) is 3.25. The highest BCUT2D eigenvalue weighted by Crippen LogP contribution is 2.28. The smallest absolute Gasteiger partial charge is 0.185 e. The molecule has 1 aliphatic carbocycles. The van der Waals surface area contributed by atoms with Crippen LogP contribution in [0.3, 0.4) is 0 Å². The molecule has 0 aromatic heterocycles. The Morgan fingerprint density at radius 3 is 2.42 bits per heavy atom. The van der Waals surface area contributed by atoms with Gasteiger partial charge in [0.15, 0.2) is 5.78 Å². The number of allylic oxidation sites excluding steroid dienone is 1. The van der Waals surface area contributed by atoms with Crippen molar-refractivity contribution in [2.45, 2.75) is 25.9 Å². The van der Waals surface area contributed by atoms with E-state index in [2.05, 4.69) is 12.1 Å². The fourth-order valence-electron chi connectivity index (χ4n) is 3.84. The Bertz CT molecular complexity index is 1100. The molecule has 4 heteroatoms. The molecule has 0 spiro atoms. The number of hydrogen-bond acceptors (Lipinski definition) is 4. The van der Waals surface area contributed by atoms with Crippen LogP contribution in [0.1, 0.15) is 39.0 Å². The van der Waals surface area contributed by atoms with Crippen LogP contribution in [0.15, 0.2) is 66.7 Å². The van der Waals surface area contributed by atoms with Crippen LogP contribution in [0.2, 0.25) is 0 Å². The van der Waals surface area contributed by atoms with E-state index in [1.807, 2.05) is 30.3 Å². The second-order valence-corrected chi connectivity index (χ2v) is 7.57. The van der Waals surface area contributed by atoms with Gasteiger partial charge in [0.25, 0.3) is 0 Å². The number of rotatable bonds is 8. The quantitative estimate of drug-likeness (QED) is 0.352. The second kappa shape index (κ2) is 9.52. The normalized spacial score (nSPS) is 12.6. The van der Waals surface area contributed by atoms with E-state index < -0.39 is 0 Å². The zero-order chi connectivity index (χ0) is 21.6. The third-order valence-corrected chi connectivity index (χ3v) is 5.57. The van der Waals surface area contributed by atoms with Crippen molar-refractivity contribution >= 4 is 11.9 Å². The molecule has 0 unspecified atom stereocenters. The fraction of sp³-hybridized carbons (Fsp3) is 0.222. The average Bonchev–Trinajstić information content (AvgIpc) is 3.29. The maximum absolute atomic E-state index is 12.5. The zero-order valence-corrected chi connectivity index (χ0v) is 17.9. The van der Waals surface area contributed by atoms with E-state index in [1.54, 1.807) is 44.6 Å². The lowest BCUT2D eigenvalue weighted by Gasteiger charge is -2.12. The molecule has 4 rings (SSSR count). The van der Waals surface area contributed by atoms with Crippen molar-refractivity contribution in [3.05, 3.63) is 94.6 Å². The number of hydrogen-bond donors (Lipinski definition) is 0. The van der Waals surface area contributed by atoms with Gasteiger partial charge in [-0.1, -0.05) is 18.2 Å². The third kappa shape index (κ3) is 4.97. The van der Waals surface area contributed by atoms with Crippen molar-refractivity contribution in [2.24, 2.45) is 0 Å². The van der Waals surface area contributed by atoms with Crippen molar-refractivity contribution in [1.29, 1.82) is 0 Å². The molecule has 0 bridgehead atoms. The lowest BCUT2D eigenvalue weighted by Crippen LogP contribution is -2.00. The molecule has 3 aromatic carbocycles. The first-order chi connectivity index (χ1) is 15.2. The molecule has 31 heavy (non-hydrogen) atoms. The van der Waals surface area contributed by atoms with Gasteiger partial charge in [0.1, 0.15) is 23.9 Å². The van der Waals surface area contributed by atoms with Crippen LogP contribution in [0.25, 0.3) is 6.08 Å². The van der Waals surface area contributed by atoms with Gasteiger partial charge >= 0.3 is 0 Å². The van der Waals surface area contributed by atoms with E-state index in [-0.39, 0.29) is 5.78 Å². The molecular formula is C27H26O4. The maximum Gasteiger partial charge on any atom is 0.185 e. The molecule has 4 nitrogen and oxygen atoms in total. The number of ether oxygens (including phenoxy) is 3. The summed E-state index contributed by atoms with van der Waals surface area (Å²) in [5, 5.41) is 0. The molecular weight excluding hydrogens is 388 g/mol. The summed E-state index contributed by atoms with van der Waals surface area (Å²) in [5.74, 6) is 2.30. The predicted molar refractivity (Wildman–Crippen MR) is 122 cm³/mol. The van der Waals surface area contributed by atoms with Crippen molar-refractivity contribution in [3.63, 3.8) is 0 Å². The minimum absolute atomic E-state index is 0.0607. The lowest BCUT2D eigenvalue weighted by atomic mass is 10.1. The minimum atomic E-state index is -0.0607. The minimum Gasteiger partial charge on any atom is -0.497 e. The van der Waals surface area contributed by atoms with Crippen LogP contribution in [0.5, 0.6) is 17.2 Å². The molecule has 1 aliphatic rings. The van der Waals surface area contributed by atoms with Gasteiger partial charge < -0.3 is 14.2 Å². The summed E-state index contributed by atoms with van der Waals surface area (Å²) in [4.78, 5) is 12.5. The van der Waals surface area contributed by atoms with Gasteiger partial charge in [0, 0.05) is 11.1 Å². The van der Waals surface area contributed by atoms with Crippen molar-refractivity contribution < 1.29 is 19.0 Å². The fourth-order valence-corrected chi connectivity index (χ4v) is 3.84. The van der Waals surface area contributed by atoms with Crippen LogP contribution >= 0.6 is 0 Å². The summed E-state index contributed by atoms with van der Waals surface area (Å²) in [6, 6.07) is 19.2. The summed E-state index contributed by atoms with van der Waals surface area (Å²) in [6.07, 6.45) is 6.89. The van der Waals surface area contributed by atoms with Gasteiger partial charge in [-0.15, -0.1) is 0 Å². The van der Waals surface area contributed by atoms with Gasteiger partial charge in [0.2, 0.25) is 0 Å². The summed E-state index contributed by atoms with van der Waals surface area (Å²) >= 11 is 0. The Labute approximate surface area is 183 Å². The number of carbonyl (C=O) groups is 1. The highest BCUT2D eigenvalue weighted by molar-refractivity contribution is 6.06. The molecule has 0 atom stereocenters. The van der Waals surface area contributed by atoms with Crippen molar-refractivity contribution in [1.82, 2.24) is 0 Å². The van der Waals surface area contributed by atoms with E-state index in [1.165, 1.54) is 17.5 Å². The topological polar surface area (TPSA) is 44.8 Å². The summed E-state index contributed by atoms with van der Waals surface area (Å²) in [5.41, 5.74) is 5.28. The molecule has 0 amide bonds. The van der Waals surface area contributed by atoms with Gasteiger partial charge in [-0.25, -0.2) is 0 Å². The standard InChI is InChI=1S/C27H26O4/c1-29-24-11-9-21(10-12-24)26(28)14-6-19-7-15-27(30-2)23(16-19)18-31-25-13-8-20-4-3-5-22(20)17-25/h6-17H,3-5,18H2,1-2H3/b14-6+. The van der Waals surface area contributed by atoms with E-state index in [4.69, 9.17) is 14.2 Å². The largest absolute Gasteiger partial charge is 0.497 e. The van der Waals surface area contributed by atoms with Crippen LogP contribution in [-0.4, -0.2) is 20.0 Å². The molecule has 0 saturated heterocycles. The number of aryl methyl sites for hydroxylation is 2. The number of fused-ring (bicyclic) bond motifs is 1. The Balaban J connectivity index is 1.46. The third-order valence-electron chi connectivity index (χ3n) is 5.57. The summed E-state index contributed by atoms with van der Waals surface area (Å²) in [6.45, 7) is 0.399. The Morgan fingerprint density at radius 1 is 0.871 bits per heavy atom. The highest BCUT2D eigenvalue weighted by Gasteiger charge is 2.12. The Hall–Kier alpha value is -3.53. The molecule has 0 N–H and O–H groups in total. The van der Waals surface area contributed by atoms with E-state index in [9.17, 15) is 4.79 Å². The van der Waals surface area contributed by atoms with Crippen molar-refractivity contribution in [2.75, 3.05) is 14.2 Å². The molecule has 0 heterocycles. The maximum atomic E-state index is 12.5. The SMILES string of the molecule is COc1ccc(C(=O)/C=C/c2ccc(OC)c(COc3ccc4c(c3)CCC4)c2)cc1. The van der Waals surface area contributed by atoms with Crippen LogP contribution in [0.4, 0.5) is 0 Å². The Kier molecular flexibility index (Phi) is 6.37. The zero-order valence-electron chi connectivity index (χ0n) is 17.9. The van der Waals surface area contributed by atoms with E-state index >= 15 is 0 Å². The number of benzene rings is 3. The van der Waals surface area contributed by atoms with Crippen molar-refractivity contribution in [3.8, 4) is 17.2 Å². The van der Waals surface area contributed by atoms with Crippen LogP contribution in [0, 0.1) is 0 Å². The monoisotopic (exact) mass is 414 g/mol. The number of ketones is 1. The summed E-state index contributed by atoms with van der Waals surface area (Å²) < 4.78 is 16.7. The predicted octanol–water partition coefficient (Wildman–Crippen LogP) is 5.67. The van der Waals surface area contributed by atoms with Gasteiger partial charge in [-0.05, 0) is 90.6 Å². The van der Waals surface area contributed by atoms with E-state index in [0.29, 0.717) is 12.2 Å². The first kappa shape index (κ1) is 20.7. The number of carbonyl (C=O) groups excluding carboxylic acids is 1. The molecule has 0 aliphatic heterocycles. The average molecular weight is 415 g/mol. The molecule has 0 fully saturated rings. The van der Waals surface area contributed by atoms with Crippen LogP contribution in [-0.2, 0) is 19.4 Å². The van der Waals surface area contributed by atoms with E-state index in [0.717, 1.165) is 41.2 Å². The van der Waals surface area contributed by atoms with Gasteiger partial charge in [0.05, 0.1) is 14.2 Å².